The molecule has 0 bridgehead atoms. The summed E-state index contributed by atoms with van der Waals surface area (Å²) in [6, 6.07) is 9.18. The number of nitrogens with zero attached hydrogens (tertiary/aromatic N) is 4. The average molecular weight is 329 g/mol. The van der Waals surface area contributed by atoms with Gasteiger partial charge in [0, 0.05) is 31.9 Å². The highest BCUT2D eigenvalue weighted by molar-refractivity contribution is 6.02. The first kappa shape index (κ1) is 16.3. The highest BCUT2D eigenvalue weighted by atomic mass is 19.1. The van der Waals surface area contributed by atoms with Crippen molar-refractivity contribution in [2.45, 2.75) is 6.92 Å². The number of halogens is 1. The number of piperazine rings is 1. The van der Waals surface area contributed by atoms with Gasteiger partial charge in [0.15, 0.2) is 11.5 Å². The molecule has 6 nitrogen and oxygen atoms in total. The molecule has 1 amide bonds. The van der Waals surface area contributed by atoms with Gasteiger partial charge in [0.05, 0.1) is 0 Å². The van der Waals surface area contributed by atoms with Crippen molar-refractivity contribution in [3.05, 3.63) is 47.9 Å². The van der Waals surface area contributed by atoms with E-state index in [2.05, 4.69) is 32.2 Å². The number of carbonyl (C=O) groups excluding carboxylic acids is 1. The van der Waals surface area contributed by atoms with Crippen molar-refractivity contribution in [2.24, 2.45) is 0 Å². The first-order valence-electron chi connectivity index (χ1n) is 8.03. The van der Waals surface area contributed by atoms with E-state index in [0.717, 1.165) is 38.5 Å². The highest BCUT2D eigenvalue weighted by Crippen LogP contribution is 2.14. The summed E-state index contributed by atoms with van der Waals surface area (Å²) in [5.74, 6) is -0.0380. The van der Waals surface area contributed by atoms with Gasteiger partial charge in [-0.2, -0.15) is 0 Å². The Morgan fingerprint density at radius 2 is 1.96 bits per heavy atom. The van der Waals surface area contributed by atoms with E-state index in [9.17, 15) is 9.18 Å². The first-order chi connectivity index (χ1) is 11.7. The molecule has 0 radical (unpaired) electrons. The largest absolute Gasteiger partial charge is 0.353 e. The van der Waals surface area contributed by atoms with Gasteiger partial charge in [-0.3, -0.25) is 4.79 Å². The zero-order chi connectivity index (χ0) is 16.9. The van der Waals surface area contributed by atoms with E-state index < -0.39 is 11.7 Å². The van der Waals surface area contributed by atoms with Gasteiger partial charge >= 0.3 is 0 Å². The molecule has 1 aromatic carbocycles. The lowest BCUT2D eigenvalue weighted by Gasteiger charge is -2.34. The summed E-state index contributed by atoms with van der Waals surface area (Å²) in [5.41, 5.74) is 0.594. The summed E-state index contributed by atoms with van der Waals surface area (Å²) in [4.78, 5) is 16.7. The average Bonchev–Trinajstić information content (AvgIpc) is 2.62. The smallest absolute Gasteiger partial charge is 0.276 e. The Morgan fingerprint density at radius 1 is 1.17 bits per heavy atom. The summed E-state index contributed by atoms with van der Waals surface area (Å²) >= 11 is 0. The molecule has 0 aliphatic carbocycles. The molecule has 7 heteroatoms. The van der Waals surface area contributed by atoms with Gasteiger partial charge in [0.1, 0.15) is 5.82 Å². The number of benzene rings is 1. The predicted octanol–water partition coefficient (Wildman–Crippen LogP) is 2.01. The maximum Gasteiger partial charge on any atom is 0.276 e. The minimum Gasteiger partial charge on any atom is -0.353 e. The molecular formula is C17H20FN5O. The van der Waals surface area contributed by atoms with E-state index in [1.165, 1.54) is 18.2 Å². The van der Waals surface area contributed by atoms with Gasteiger partial charge < -0.3 is 15.1 Å². The van der Waals surface area contributed by atoms with Crippen LogP contribution in [0.5, 0.6) is 0 Å². The second-order valence-corrected chi connectivity index (χ2v) is 5.66. The standard InChI is InChI=1S/C17H20FN5O/c1-2-22-8-10-23(11-9-22)16-7-6-15(20-21-16)17(24)19-14-5-3-4-13(18)12-14/h3-7,12H,2,8-11H2,1H3,(H,19,24). The zero-order valence-electron chi connectivity index (χ0n) is 13.6. The Balaban J connectivity index is 1.63. The molecule has 2 heterocycles. The lowest BCUT2D eigenvalue weighted by Crippen LogP contribution is -2.46. The van der Waals surface area contributed by atoms with Crippen LogP contribution in [-0.4, -0.2) is 53.7 Å². The van der Waals surface area contributed by atoms with Crippen molar-refractivity contribution in [2.75, 3.05) is 42.9 Å². The highest BCUT2D eigenvalue weighted by Gasteiger charge is 2.17. The Labute approximate surface area is 140 Å². The van der Waals surface area contributed by atoms with Crippen LogP contribution in [0.3, 0.4) is 0 Å². The van der Waals surface area contributed by atoms with Gasteiger partial charge in [-0.15, -0.1) is 10.2 Å². The minimum atomic E-state index is -0.407. The fraction of sp³-hybridized carbons (Fsp3) is 0.353. The lowest BCUT2D eigenvalue weighted by molar-refractivity contribution is 0.102. The molecule has 0 atom stereocenters. The van der Waals surface area contributed by atoms with Gasteiger partial charge in [-0.1, -0.05) is 13.0 Å². The molecule has 0 saturated carbocycles. The SMILES string of the molecule is CCN1CCN(c2ccc(C(=O)Nc3cccc(F)c3)nn2)CC1. The molecule has 1 fully saturated rings. The quantitative estimate of drug-likeness (QED) is 0.930. The summed E-state index contributed by atoms with van der Waals surface area (Å²) in [6.07, 6.45) is 0. The molecule has 2 aromatic rings. The number of hydrogen-bond donors (Lipinski definition) is 1. The van der Waals surface area contributed by atoms with Crippen LogP contribution >= 0.6 is 0 Å². The Morgan fingerprint density at radius 3 is 2.58 bits per heavy atom. The molecule has 1 aliphatic heterocycles. The van der Waals surface area contributed by atoms with E-state index in [0.29, 0.717) is 5.69 Å². The van der Waals surface area contributed by atoms with Crippen LogP contribution in [0.25, 0.3) is 0 Å². The third-order valence-corrected chi connectivity index (χ3v) is 4.11. The number of anilines is 2. The Bertz CT molecular complexity index is 698. The fourth-order valence-corrected chi connectivity index (χ4v) is 2.67. The third kappa shape index (κ3) is 3.86. The van der Waals surface area contributed by atoms with Crippen molar-refractivity contribution < 1.29 is 9.18 Å². The van der Waals surface area contributed by atoms with Crippen molar-refractivity contribution in [1.82, 2.24) is 15.1 Å². The van der Waals surface area contributed by atoms with Gasteiger partial charge in [-0.05, 0) is 36.9 Å². The summed E-state index contributed by atoms with van der Waals surface area (Å²) < 4.78 is 13.1. The number of nitrogens with one attached hydrogen (secondary N) is 1. The second kappa shape index (κ2) is 7.35. The number of likely N-dealkylation sites (N-methyl/N-ethyl adjacent to an activating group) is 1. The molecular weight excluding hydrogens is 309 g/mol. The predicted molar refractivity (Wildman–Crippen MR) is 90.7 cm³/mol. The van der Waals surface area contributed by atoms with E-state index >= 15 is 0 Å². The molecule has 0 spiro atoms. The summed E-state index contributed by atoms with van der Waals surface area (Å²) in [7, 11) is 0. The normalized spacial score (nSPS) is 15.3. The fourth-order valence-electron chi connectivity index (χ4n) is 2.67. The second-order valence-electron chi connectivity index (χ2n) is 5.66. The van der Waals surface area contributed by atoms with E-state index in [1.807, 2.05) is 0 Å². The van der Waals surface area contributed by atoms with Crippen LogP contribution in [0, 0.1) is 5.82 Å². The van der Waals surface area contributed by atoms with E-state index in [-0.39, 0.29) is 5.69 Å². The maximum atomic E-state index is 13.1. The van der Waals surface area contributed by atoms with E-state index in [1.54, 1.807) is 18.2 Å². The molecule has 1 aromatic heterocycles. The zero-order valence-corrected chi connectivity index (χ0v) is 13.6. The van der Waals surface area contributed by atoms with Crippen LogP contribution in [0.1, 0.15) is 17.4 Å². The van der Waals surface area contributed by atoms with Crippen molar-refractivity contribution >= 4 is 17.4 Å². The van der Waals surface area contributed by atoms with Crippen LogP contribution in [-0.2, 0) is 0 Å². The lowest BCUT2D eigenvalue weighted by atomic mass is 10.2. The molecule has 126 valence electrons. The van der Waals surface area contributed by atoms with Crippen LogP contribution < -0.4 is 10.2 Å². The molecule has 1 N–H and O–H groups in total. The first-order valence-corrected chi connectivity index (χ1v) is 8.03. The maximum absolute atomic E-state index is 13.1. The molecule has 3 rings (SSSR count). The minimum absolute atomic E-state index is 0.204. The number of hydrogen-bond acceptors (Lipinski definition) is 5. The number of aromatic nitrogens is 2. The number of carbonyl (C=O) groups is 1. The van der Waals surface area contributed by atoms with Crippen LogP contribution in [0.15, 0.2) is 36.4 Å². The summed E-state index contributed by atoms with van der Waals surface area (Å²) in [6.45, 7) is 7.01. The molecule has 1 aliphatic rings. The van der Waals surface area contributed by atoms with Crippen molar-refractivity contribution in [3.63, 3.8) is 0 Å². The van der Waals surface area contributed by atoms with Gasteiger partial charge in [0.25, 0.3) is 5.91 Å². The van der Waals surface area contributed by atoms with Crippen molar-refractivity contribution in [3.8, 4) is 0 Å². The molecule has 24 heavy (non-hydrogen) atoms. The van der Waals surface area contributed by atoms with Gasteiger partial charge in [0.2, 0.25) is 0 Å². The summed E-state index contributed by atoms with van der Waals surface area (Å²) in [5, 5.41) is 10.8. The van der Waals surface area contributed by atoms with E-state index in [4.69, 9.17) is 0 Å². The third-order valence-electron chi connectivity index (χ3n) is 4.11. The van der Waals surface area contributed by atoms with Gasteiger partial charge in [-0.25, -0.2) is 4.39 Å². The number of rotatable bonds is 4. The van der Waals surface area contributed by atoms with Crippen LogP contribution in [0.2, 0.25) is 0 Å². The topological polar surface area (TPSA) is 61.4 Å². The van der Waals surface area contributed by atoms with Crippen molar-refractivity contribution in [1.29, 1.82) is 0 Å². The monoisotopic (exact) mass is 329 g/mol. The Kier molecular flexibility index (Phi) is 5.00. The number of amides is 1. The molecule has 0 unspecified atom stereocenters. The van der Waals surface area contributed by atoms with Crippen LogP contribution in [0.4, 0.5) is 15.9 Å². The molecule has 1 saturated heterocycles. The Hall–Kier alpha value is -2.54.